The molecule has 7 nitrogen and oxygen atoms in total. The summed E-state index contributed by atoms with van der Waals surface area (Å²) in [5.41, 5.74) is 2.00. The van der Waals surface area contributed by atoms with E-state index >= 15 is 0 Å². The number of carbonyl (C=O) groups is 1. The molecule has 3 rings (SSSR count). The van der Waals surface area contributed by atoms with E-state index in [9.17, 15) is 4.79 Å². The zero-order valence-electron chi connectivity index (χ0n) is 14.8. The largest absolute Gasteiger partial charge is 0.497 e. The van der Waals surface area contributed by atoms with Crippen molar-refractivity contribution in [2.45, 2.75) is 13.3 Å². The number of ether oxygens (including phenoxy) is 2. The Kier molecular flexibility index (Phi) is 5.17. The number of oxazole rings is 1. The standard InChI is InChI=1S/C19H19N3O4/c1-12-16(10-17(23)21-14-6-9-18(25-3)20-11-14)22-19(26-12)13-4-7-15(24-2)8-5-13/h4-9,11H,10H2,1-3H3,(H,21,23). The molecule has 0 bridgehead atoms. The number of rotatable bonds is 6. The Morgan fingerprint density at radius 1 is 1.12 bits per heavy atom. The topological polar surface area (TPSA) is 86.5 Å². The number of methoxy groups -OCH3 is 2. The Morgan fingerprint density at radius 2 is 1.88 bits per heavy atom. The van der Waals surface area contributed by atoms with Crippen LogP contribution in [-0.2, 0) is 11.2 Å². The summed E-state index contributed by atoms with van der Waals surface area (Å²) in [6.45, 7) is 1.79. The van der Waals surface area contributed by atoms with Crippen LogP contribution in [0.5, 0.6) is 11.6 Å². The van der Waals surface area contributed by atoms with Crippen LogP contribution in [0.3, 0.4) is 0 Å². The molecule has 0 aliphatic heterocycles. The first kappa shape index (κ1) is 17.5. The van der Waals surface area contributed by atoms with Crippen LogP contribution in [0.4, 0.5) is 5.69 Å². The van der Waals surface area contributed by atoms with E-state index in [0.29, 0.717) is 28.9 Å². The van der Waals surface area contributed by atoms with Gasteiger partial charge in [0.25, 0.3) is 0 Å². The van der Waals surface area contributed by atoms with Crippen molar-refractivity contribution in [2.75, 3.05) is 19.5 Å². The van der Waals surface area contributed by atoms with Gasteiger partial charge in [-0.05, 0) is 37.3 Å². The van der Waals surface area contributed by atoms with E-state index in [4.69, 9.17) is 13.9 Å². The van der Waals surface area contributed by atoms with Gasteiger partial charge in [-0.1, -0.05) is 0 Å². The van der Waals surface area contributed by atoms with E-state index in [1.165, 1.54) is 13.3 Å². The summed E-state index contributed by atoms with van der Waals surface area (Å²) in [5.74, 6) is 2.12. The molecule has 0 aliphatic carbocycles. The van der Waals surface area contributed by atoms with Crippen molar-refractivity contribution in [3.63, 3.8) is 0 Å². The minimum Gasteiger partial charge on any atom is -0.497 e. The summed E-state index contributed by atoms with van der Waals surface area (Å²) in [7, 11) is 3.15. The first-order valence-corrected chi connectivity index (χ1v) is 7.99. The fourth-order valence-corrected chi connectivity index (χ4v) is 2.38. The van der Waals surface area contributed by atoms with Gasteiger partial charge in [0.1, 0.15) is 11.5 Å². The maximum atomic E-state index is 12.2. The summed E-state index contributed by atoms with van der Waals surface area (Å²) in [5, 5.41) is 2.78. The molecular weight excluding hydrogens is 334 g/mol. The molecule has 0 saturated heterocycles. The highest BCUT2D eigenvalue weighted by molar-refractivity contribution is 5.92. The number of carbonyl (C=O) groups excluding carboxylic acids is 1. The molecule has 0 unspecified atom stereocenters. The first-order chi connectivity index (χ1) is 12.6. The van der Waals surface area contributed by atoms with Crippen LogP contribution in [0.15, 0.2) is 47.0 Å². The molecule has 0 saturated carbocycles. The van der Waals surface area contributed by atoms with Crippen LogP contribution in [0.1, 0.15) is 11.5 Å². The number of amides is 1. The molecule has 0 spiro atoms. The third-order valence-electron chi connectivity index (χ3n) is 3.79. The molecule has 0 atom stereocenters. The average Bonchev–Trinajstić information content (AvgIpc) is 3.02. The Hall–Kier alpha value is -3.35. The quantitative estimate of drug-likeness (QED) is 0.732. The van der Waals surface area contributed by atoms with Gasteiger partial charge in [-0.3, -0.25) is 4.79 Å². The van der Waals surface area contributed by atoms with Gasteiger partial charge in [-0.25, -0.2) is 9.97 Å². The Morgan fingerprint density at radius 3 is 2.50 bits per heavy atom. The SMILES string of the molecule is COc1ccc(-c2nc(CC(=O)Nc3ccc(OC)nc3)c(C)o2)cc1. The van der Waals surface area contributed by atoms with Crippen LogP contribution in [-0.4, -0.2) is 30.1 Å². The molecule has 134 valence electrons. The lowest BCUT2D eigenvalue weighted by Crippen LogP contribution is -2.15. The number of anilines is 1. The molecule has 1 amide bonds. The van der Waals surface area contributed by atoms with Crippen molar-refractivity contribution in [3.8, 4) is 23.1 Å². The zero-order valence-corrected chi connectivity index (χ0v) is 14.8. The summed E-state index contributed by atoms with van der Waals surface area (Å²) in [4.78, 5) is 20.7. The Labute approximate surface area is 151 Å². The van der Waals surface area contributed by atoms with Crippen molar-refractivity contribution in [2.24, 2.45) is 0 Å². The Bertz CT molecular complexity index is 886. The molecule has 7 heteroatoms. The minimum absolute atomic E-state index is 0.109. The van der Waals surface area contributed by atoms with Gasteiger partial charge in [-0.2, -0.15) is 0 Å². The van der Waals surface area contributed by atoms with E-state index in [-0.39, 0.29) is 12.3 Å². The van der Waals surface area contributed by atoms with Gasteiger partial charge < -0.3 is 19.2 Å². The third kappa shape index (κ3) is 4.00. The van der Waals surface area contributed by atoms with E-state index in [1.807, 2.05) is 24.3 Å². The third-order valence-corrected chi connectivity index (χ3v) is 3.79. The van der Waals surface area contributed by atoms with Crippen molar-refractivity contribution in [1.82, 2.24) is 9.97 Å². The van der Waals surface area contributed by atoms with Crippen LogP contribution < -0.4 is 14.8 Å². The average molecular weight is 353 g/mol. The maximum Gasteiger partial charge on any atom is 0.230 e. The Balaban J connectivity index is 1.69. The van der Waals surface area contributed by atoms with Crippen LogP contribution in [0, 0.1) is 6.92 Å². The maximum absolute atomic E-state index is 12.2. The number of aromatic nitrogens is 2. The van der Waals surface area contributed by atoms with Crippen molar-refractivity contribution < 1.29 is 18.7 Å². The molecule has 26 heavy (non-hydrogen) atoms. The molecule has 1 aromatic carbocycles. The zero-order chi connectivity index (χ0) is 18.5. The van der Waals surface area contributed by atoms with Crippen molar-refractivity contribution in [1.29, 1.82) is 0 Å². The number of hydrogen-bond acceptors (Lipinski definition) is 6. The second kappa shape index (κ2) is 7.69. The molecule has 0 radical (unpaired) electrons. The molecule has 1 N–H and O–H groups in total. The van der Waals surface area contributed by atoms with Crippen LogP contribution in [0.25, 0.3) is 11.5 Å². The van der Waals surface area contributed by atoms with E-state index in [1.54, 1.807) is 26.2 Å². The lowest BCUT2D eigenvalue weighted by atomic mass is 10.2. The number of aryl methyl sites for hydroxylation is 1. The van der Waals surface area contributed by atoms with Gasteiger partial charge >= 0.3 is 0 Å². The van der Waals surface area contributed by atoms with E-state index < -0.39 is 0 Å². The van der Waals surface area contributed by atoms with Crippen LogP contribution >= 0.6 is 0 Å². The number of nitrogens with zero attached hydrogens (tertiary/aromatic N) is 2. The van der Waals surface area contributed by atoms with Gasteiger partial charge in [0, 0.05) is 11.6 Å². The molecule has 0 aliphatic rings. The van der Waals surface area contributed by atoms with E-state index in [0.717, 1.165) is 11.3 Å². The number of pyridine rings is 1. The molecule has 2 aromatic heterocycles. The van der Waals surface area contributed by atoms with Crippen molar-refractivity contribution >= 4 is 11.6 Å². The summed E-state index contributed by atoms with van der Waals surface area (Å²) in [6, 6.07) is 10.8. The fraction of sp³-hybridized carbons (Fsp3) is 0.211. The van der Waals surface area contributed by atoms with Gasteiger partial charge in [0.15, 0.2) is 0 Å². The first-order valence-electron chi connectivity index (χ1n) is 7.99. The molecular formula is C19H19N3O4. The monoisotopic (exact) mass is 353 g/mol. The number of benzene rings is 1. The lowest BCUT2D eigenvalue weighted by molar-refractivity contribution is -0.115. The molecule has 0 fully saturated rings. The highest BCUT2D eigenvalue weighted by atomic mass is 16.5. The van der Waals surface area contributed by atoms with Gasteiger partial charge in [0.2, 0.25) is 17.7 Å². The lowest BCUT2D eigenvalue weighted by Gasteiger charge is -2.04. The summed E-state index contributed by atoms with van der Waals surface area (Å²) in [6.07, 6.45) is 1.65. The predicted octanol–water partition coefficient (Wildman–Crippen LogP) is 3.24. The highest BCUT2D eigenvalue weighted by Gasteiger charge is 2.15. The number of hydrogen-bond donors (Lipinski definition) is 1. The normalized spacial score (nSPS) is 10.4. The van der Waals surface area contributed by atoms with E-state index in [2.05, 4.69) is 15.3 Å². The fourth-order valence-electron chi connectivity index (χ4n) is 2.38. The molecule has 3 aromatic rings. The summed E-state index contributed by atoms with van der Waals surface area (Å²) >= 11 is 0. The molecule has 2 heterocycles. The number of nitrogens with one attached hydrogen (secondary N) is 1. The van der Waals surface area contributed by atoms with Crippen molar-refractivity contribution in [3.05, 3.63) is 54.0 Å². The second-order valence-corrected chi connectivity index (χ2v) is 5.56. The van der Waals surface area contributed by atoms with Crippen LogP contribution in [0.2, 0.25) is 0 Å². The van der Waals surface area contributed by atoms with Gasteiger partial charge in [-0.15, -0.1) is 0 Å². The van der Waals surface area contributed by atoms with Gasteiger partial charge in [0.05, 0.1) is 38.2 Å². The second-order valence-electron chi connectivity index (χ2n) is 5.56. The smallest absolute Gasteiger partial charge is 0.230 e. The minimum atomic E-state index is -0.199. The summed E-state index contributed by atoms with van der Waals surface area (Å²) < 4.78 is 15.8. The highest BCUT2D eigenvalue weighted by Crippen LogP contribution is 2.24. The predicted molar refractivity (Wildman–Crippen MR) is 96.4 cm³/mol.